The second-order valence-electron chi connectivity index (χ2n) is 4.56. The Morgan fingerprint density at radius 1 is 1.21 bits per heavy atom. The predicted molar refractivity (Wildman–Crippen MR) is 90.5 cm³/mol. The zero-order chi connectivity index (χ0) is 17.5. The third-order valence-corrected chi connectivity index (χ3v) is 3.22. The second-order valence-corrected chi connectivity index (χ2v) is 4.97. The molecule has 2 aromatic carbocycles. The van der Waals surface area contributed by atoms with Crippen molar-refractivity contribution in [2.24, 2.45) is 5.10 Å². The highest BCUT2D eigenvalue weighted by molar-refractivity contribution is 6.39. The third-order valence-electron chi connectivity index (χ3n) is 2.91. The van der Waals surface area contributed by atoms with Gasteiger partial charge in [0.05, 0.1) is 24.0 Å². The van der Waals surface area contributed by atoms with Crippen molar-refractivity contribution in [2.75, 3.05) is 12.4 Å². The van der Waals surface area contributed by atoms with Crippen LogP contribution in [0.2, 0.25) is 5.02 Å². The van der Waals surface area contributed by atoms with Gasteiger partial charge in [0.25, 0.3) is 0 Å². The van der Waals surface area contributed by atoms with Crippen LogP contribution >= 0.6 is 11.6 Å². The van der Waals surface area contributed by atoms with E-state index in [1.165, 1.54) is 25.5 Å². The zero-order valence-corrected chi connectivity index (χ0v) is 13.4. The van der Waals surface area contributed by atoms with Gasteiger partial charge in [0, 0.05) is 0 Å². The molecule has 0 aliphatic carbocycles. The number of carbonyl (C=O) groups excluding carboxylic acids is 2. The highest BCUT2D eigenvalue weighted by Crippen LogP contribution is 2.23. The number of hydrazone groups is 1. The maximum atomic E-state index is 11.8. The number of rotatable bonds is 4. The summed E-state index contributed by atoms with van der Waals surface area (Å²) in [6.07, 6.45) is 1.29. The molecule has 0 spiro atoms. The third kappa shape index (κ3) is 4.47. The molecular formula is C16H14ClN3O4. The number of ether oxygens (including phenoxy) is 1. The Kier molecular flexibility index (Phi) is 5.75. The number of methoxy groups -OCH3 is 1. The minimum Gasteiger partial charge on any atom is -0.506 e. The summed E-state index contributed by atoms with van der Waals surface area (Å²) in [5, 5.41) is 15.5. The Labute approximate surface area is 142 Å². The number of amides is 2. The van der Waals surface area contributed by atoms with E-state index in [9.17, 15) is 14.7 Å². The van der Waals surface area contributed by atoms with E-state index < -0.39 is 11.8 Å². The van der Waals surface area contributed by atoms with E-state index in [2.05, 4.69) is 15.8 Å². The van der Waals surface area contributed by atoms with Gasteiger partial charge in [-0.2, -0.15) is 5.10 Å². The lowest BCUT2D eigenvalue weighted by atomic mass is 10.2. The number of halogens is 1. The molecule has 7 nitrogen and oxygen atoms in total. The molecule has 2 aromatic rings. The van der Waals surface area contributed by atoms with E-state index in [4.69, 9.17) is 16.3 Å². The molecule has 2 amide bonds. The number of phenolic OH excluding ortho intramolecular Hbond substituents is 1. The van der Waals surface area contributed by atoms with Gasteiger partial charge in [-0.05, 0) is 35.9 Å². The normalized spacial score (nSPS) is 10.4. The maximum Gasteiger partial charge on any atom is 0.329 e. The summed E-state index contributed by atoms with van der Waals surface area (Å²) < 4.78 is 5.08. The van der Waals surface area contributed by atoms with E-state index >= 15 is 0 Å². The minimum absolute atomic E-state index is 0.0611. The van der Waals surface area contributed by atoms with Crippen molar-refractivity contribution in [2.45, 2.75) is 0 Å². The molecule has 0 saturated heterocycles. The zero-order valence-electron chi connectivity index (χ0n) is 12.6. The average Bonchev–Trinajstić information content (AvgIpc) is 2.58. The molecule has 0 radical (unpaired) electrons. The number of carbonyl (C=O) groups is 2. The number of hydrogen-bond acceptors (Lipinski definition) is 5. The predicted octanol–water partition coefficient (Wildman–Crippen LogP) is 2.14. The van der Waals surface area contributed by atoms with Gasteiger partial charge in [0.1, 0.15) is 11.5 Å². The van der Waals surface area contributed by atoms with Crippen LogP contribution in [0.3, 0.4) is 0 Å². The van der Waals surface area contributed by atoms with Crippen LogP contribution in [0.5, 0.6) is 11.5 Å². The highest BCUT2D eigenvalue weighted by Gasteiger charge is 2.14. The molecule has 0 aliphatic rings. The molecule has 0 saturated carbocycles. The van der Waals surface area contributed by atoms with Gasteiger partial charge in [-0.15, -0.1) is 0 Å². The van der Waals surface area contributed by atoms with Crippen LogP contribution in [0.25, 0.3) is 0 Å². The van der Waals surface area contributed by atoms with Crippen molar-refractivity contribution in [1.82, 2.24) is 5.43 Å². The number of para-hydroxylation sites is 2. The molecule has 24 heavy (non-hydrogen) atoms. The van der Waals surface area contributed by atoms with Crippen molar-refractivity contribution in [3.63, 3.8) is 0 Å². The van der Waals surface area contributed by atoms with Gasteiger partial charge < -0.3 is 15.2 Å². The van der Waals surface area contributed by atoms with Gasteiger partial charge in [0.15, 0.2) is 0 Å². The average molecular weight is 348 g/mol. The lowest BCUT2D eigenvalue weighted by molar-refractivity contribution is -0.136. The van der Waals surface area contributed by atoms with Crippen molar-refractivity contribution in [1.29, 1.82) is 0 Å². The summed E-state index contributed by atoms with van der Waals surface area (Å²) in [5.74, 6) is -1.46. The first-order valence-electron chi connectivity index (χ1n) is 6.77. The van der Waals surface area contributed by atoms with Crippen LogP contribution in [0.1, 0.15) is 5.56 Å². The molecule has 0 fully saturated rings. The van der Waals surface area contributed by atoms with E-state index in [0.29, 0.717) is 17.0 Å². The van der Waals surface area contributed by atoms with E-state index in [-0.39, 0.29) is 10.8 Å². The second kappa shape index (κ2) is 7.98. The van der Waals surface area contributed by atoms with E-state index in [0.717, 1.165) is 0 Å². The first kappa shape index (κ1) is 17.3. The Morgan fingerprint density at radius 3 is 2.67 bits per heavy atom. The Hall–Kier alpha value is -3.06. The van der Waals surface area contributed by atoms with Crippen molar-refractivity contribution < 1.29 is 19.4 Å². The molecule has 2 rings (SSSR count). The van der Waals surface area contributed by atoms with Crippen LogP contribution < -0.4 is 15.5 Å². The van der Waals surface area contributed by atoms with Crippen molar-refractivity contribution >= 4 is 35.3 Å². The number of nitrogens with zero attached hydrogens (tertiary/aromatic N) is 1. The fraction of sp³-hybridized carbons (Fsp3) is 0.0625. The van der Waals surface area contributed by atoms with Gasteiger partial charge in [-0.1, -0.05) is 23.7 Å². The fourth-order valence-corrected chi connectivity index (χ4v) is 1.94. The lowest BCUT2D eigenvalue weighted by Crippen LogP contribution is -2.32. The molecule has 8 heteroatoms. The molecule has 3 N–H and O–H groups in total. The summed E-state index contributed by atoms with van der Waals surface area (Å²) in [6, 6.07) is 11.1. The van der Waals surface area contributed by atoms with Crippen LogP contribution in [0.4, 0.5) is 5.69 Å². The summed E-state index contributed by atoms with van der Waals surface area (Å²) in [6.45, 7) is 0. The molecule has 0 atom stereocenters. The lowest BCUT2D eigenvalue weighted by Gasteiger charge is -2.08. The number of anilines is 1. The van der Waals surface area contributed by atoms with Crippen LogP contribution in [0.15, 0.2) is 47.6 Å². The van der Waals surface area contributed by atoms with Gasteiger partial charge in [0.2, 0.25) is 0 Å². The Balaban J connectivity index is 1.95. The Bertz CT molecular complexity index is 793. The number of nitrogens with one attached hydrogen (secondary N) is 2. The molecule has 124 valence electrons. The van der Waals surface area contributed by atoms with Crippen LogP contribution in [-0.2, 0) is 9.59 Å². The van der Waals surface area contributed by atoms with E-state index in [1.54, 1.807) is 30.3 Å². The number of hydrogen-bond donors (Lipinski definition) is 3. The topological polar surface area (TPSA) is 100 Å². The smallest absolute Gasteiger partial charge is 0.329 e. The number of phenols is 1. The Morgan fingerprint density at radius 2 is 1.96 bits per heavy atom. The van der Waals surface area contributed by atoms with Gasteiger partial charge >= 0.3 is 11.8 Å². The van der Waals surface area contributed by atoms with Crippen molar-refractivity contribution in [3.05, 3.63) is 53.1 Å². The van der Waals surface area contributed by atoms with Crippen LogP contribution in [-0.4, -0.2) is 30.2 Å². The minimum atomic E-state index is -0.943. The molecule has 0 aromatic heterocycles. The summed E-state index contributed by atoms with van der Waals surface area (Å²) in [4.78, 5) is 23.5. The highest BCUT2D eigenvalue weighted by atomic mass is 35.5. The number of aromatic hydroxyl groups is 1. The van der Waals surface area contributed by atoms with Gasteiger partial charge in [-0.25, -0.2) is 5.43 Å². The first-order valence-corrected chi connectivity index (χ1v) is 7.15. The molecule has 0 heterocycles. The van der Waals surface area contributed by atoms with Crippen LogP contribution in [0, 0.1) is 0 Å². The summed E-state index contributed by atoms with van der Waals surface area (Å²) in [5.41, 5.74) is 3.01. The molecule has 0 bridgehead atoms. The SMILES string of the molecule is COc1ccccc1NC(=O)C(=O)N/N=C\c1ccc(O)c(Cl)c1. The number of benzene rings is 2. The van der Waals surface area contributed by atoms with E-state index in [1.807, 2.05) is 0 Å². The molecule has 0 aliphatic heterocycles. The molecule has 0 unspecified atom stereocenters. The summed E-state index contributed by atoms with van der Waals surface area (Å²) >= 11 is 5.75. The van der Waals surface area contributed by atoms with Crippen molar-refractivity contribution in [3.8, 4) is 11.5 Å². The first-order chi connectivity index (χ1) is 11.5. The maximum absolute atomic E-state index is 11.8. The fourth-order valence-electron chi connectivity index (χ4n) is 1.75. The van der Waals surface area contributed by atoms with Gasteiger partial charge in [-0.3, -0.25) is 9.59 Å². The molecular weight excluding hydrogens is 334 g/mol. The quantitative estimate of drug-likeness (QED) is 0.448. The monoisotopic (exact) mass is 347 g/mol. The largest absolute Gasteiger partial charge is 0.506 e. The summed E-state index contributed by atoms with van der Waals surface area (Å²) in [7, 11) is 1.46. The standard InChI is InChI=1S/C16H14ClN3O4/c1-24-14-5-3-2-4-12(14)19-15(22)16(23)20-18-9-10-6-7-13(21)11(17)8-10/h2-9,21H,1H3,(H,19,22)(H,20,23)/b18-9-.